The minimum atomic E-state index is -4.60. The molecular weight excluding hydrogens is 439 g/mol. The summed E-state index contributed by atoms with van der Waals surface area (Å²) in [6.07, 6.45) is -4.60. The Bertz CT molecular complexity index is 1410. The number of aromatic nitrogens is 5. The van der Waals surface area contributed by atoms with Crippen molar-refractivity contribution in [1.29, 1.82) is 0 Å². The largest absolute Gasteiger partial charge is 0.451 e. The van der Waals surface area contributed by atoms with Crippen LogP contribution in [0.1, 0.15) is 32.4 Å². The Morgan fingerprint density at radius 3 is 2.61 bits per heavy atom. The van der Waals surface area contributed by atoms with Crippen LogP contribution in [0.5, 0.6) is 0 Å². The number of halogens is 3. The van der Waals surface area contributed by atoms with Crippen molar-refractivity contribution in [3.8, 4) is 11.4 Å². The number of nitrogens with zero attached hydrogens (tertiary/aromatic N) is 5. The molecule has 0 radical (unpaired) electrons. The van der Waals surface area contributed by atoms with Gasteiger partial charge in [-0.25, -0.2) is 4.98 Å². The molecule has 2 amide bonds. The van der Waals surface area contributed by atoms with Gasteiger partial charge in [0.1, 0.15) is 11.3 Å². The van der Waals surface area contributed by atoms with E-state index in [0.717, 1.165) is 4.57 Å². The van der Waals surface area contributed by atoms with Gasteiger partial charge in [0.15, 0.2) is 5.82 Å². The number of imidazole rings is 1. The number of fused-ring (bicyclic) bond motifs is 2. The first-order chi connectivity index (χ1) is 15.7. The molecule has 0 aliphatic carbocycles. The SMILES string of the molecule is NC(=O)c1cccc2[nH]c(-c3cccc(C(=O)N4CCn5c(nnc5C(F)(F)F)C4)c3)nc12. The first kappa shape index (κ1) is 20.7. The van der Waals surface area contributed by atoms with E-state index in [9.17, 15) is 22.8 Å². The van der Waals surface area contributed by atoms with Gasteiger partial charge in [-0.2, -0.15) is 13.2 Å². The Hall–Kier alpha value is -4.22. The van der Waals surface area contributed by atoms with Crippen molar-refractivity contribution in [2.75, 3.05) is 6.54 Å². The van der Waals surface area contributed by atoms with E-state index in [2.05, 4.69) is 20.2 Å². The van der Waals surface area contributed by atoms with Gasteiger partial charge < -0.3 is 20.2 Å². The maximum atomic E-state index is 13.1. The summed E-state index contributed by atoms with van der Waals surface area (Å²) in [4.78, 5) is 33.7. The molecule has 0 fully saturated rings. The molecule has 3 N–H and O–H groups in total. The number of hydrogen-bond acceptors (Lipinski definition) is 5. The minimum Gasteiger partial charge on any atom is -0.366 e. The summed E-state index contributed by atoms with van der Waals surface area (Å²) >= 11 is 0. The second-order valence-electron chi connectivity index (χ2n) is 7.55. The van der Waals surface area contributed by atoms with Crippen LogP contribution in [0.4, 0.5) is 13.2 Å². The fraction of sp³-hybridized carbons (Fsp3) is 0.190. The smallest absolute Gasteiger partial charge is 0.366 e. The molecule has 12 heteroatoms. The number of primary amides is 1. The zero-order chi connectivity index (χ0) is 23.3. The number of carbonyl (C=O) groups is 2. The van der Waals surface area contributed by atoms with Crippen molar-refractivity contribution >= 4 is 22.8 Å². The Kier molecular flexibility index (Phi) is 4.65. The topological polar surface area (TPSA) is 123 Å². The van der Waals surface area contributed by atoms with Crippen LogP contribution in [0.15, 0.2) is 42.5 Å². The van der Waals surface area contributed by atoms with E-state index < -0.39 is 17.9 Å². The molecular formula is C21H16F3N7O2. The molecule has 33 heavy (non-hydrogen) atoms. The second kappa shape index (κ2) is 7.43. The van der Waals surface area contributed by atoms with Gasteiger partial charge in [-0.3, -0.25) is 9.59 Å². The Morgan fingerprint density at radius 2 is 1.85 bits per heavy atom. The van der Waals surface area contributed by atoms with E-state index in [0.29, 0.717) is 28.0 Å². The summed E-state index contributed by atoms with van der Waals surface area (Å²) in [5.74, 6) is -1.49. The molecule has 168 valence electrons. The van der Waals surface area contributed by atoms with Gasteiger partial charge in [0.25, 0.3) is 11.8 Å². The summed E-state index contributed by atoms with van der Waals surface area (Å²) in [5, 5.41) is 6.84. The fourth-order valence-electron chi connectivity index (χ4n) is 3.89. The predicted molar refractivity (Wildman–Crippen MR) is 110 cm³/mol. The normalized spacial score (nSPS) is 13.8. The molecule has 9 nitrogen and oxygen atoms in total. The third kappa shape index (κ3) is 3.58. The van der Waals surface area contributed by atoms with E-state index in [1.165, 1.54) is 4.90 Å². The van der Waals surface area contributed by atoms with Gasteiger partial charge in [-0.1, -0.05) is 18.2 Å². The molecule has 0 saturated carbocycles. The highest BCUT2D eigenvalue weighted by atomic mass is 19.4. The van der Waals surface area contributed by atoms with Crippen molar-refractivity contribution < 1.29 is 22.8 Å². The van der Waals surface area contributed by atoms with Crippen molar-refractivity contribution in [2.45, 2.75) is 19.3 Å². The highest BCUT2D eigenvalue weighted by molar-refractivity contribution is 6.04. The van der Waals surface area contributed by atoms with Crippen LogP contribution >= 0.6 is 0 Å². The fourth-order valence-corrected chi connectivity index (χ4v) is 3.89. The van der Waals surface area contributed by atoms with Gasteiger partial charge >= 0.3 is 6.18 Å². The number of benzene rings is 2. The lowest BCUT2D eigenvalue weighted by molar-refractivity contribution is -0.147. The summed E-state index contributed by atoms with van der Waals surface area (Å²) < 4.78 is 40.1. The monoisotopic (exact) mass is 455 g/mol. The molecule has 0 bridgehead atoms. The number of carbonyl (C=O) groups excluding carboxylic acids is 2. The van der Waals surface area contributed by atoms with Crippen LogP contribution in [0.2, 0.25) is 0 Å². The molecule has 3 heterocycles. The van der Waals surface area contributed by atoms with Gasteiger partial charge in [0, 0.05) is 24.2 Å². The summed E-state index contributed by atoms with van der Waals surface area (Å²) in [6, 6.07) is 11.7. The van der Waals surface area contributed by atoms with Crippen molar-refractivity contribution in [3.63, 3.8) is 0 Å². The zero-order valence-electron chi connectivity index (χ0n) is 16.9. The van der Waals surface area contributed by atoms with Crippen LogP contribution < -0.4 is 5.73 Å². The quantitative estimate of drug-likeness (QED) is 0.492. The maximum Gasteiger partial charge on any atom is 0.451 e. The molecule has 1 aliphatic heterocycles. The summed E-state index contributed by atoms with van der Waals surface area (Å²) in [7, 11) is 0. The number of para-hydroxylation sites is 1. The zero-order valence-corrected chi connectivity index (χ0v) is 16.9. The number of alkyl halides is 3. The highest BCUT2D eigenvalue weighted by Gasteiger charge is 2.40. The molecule has 0 spiro atoms. The average Bonchev–Trinajstić information content (AvgIpc) is 3.42. The third-order valence-corrected chi connectivity index (χ3v) is 5.46. The minimum absolute atomic E-state index is 0.0535. The molecule has 0 unspecified atom stereocenters. The summed E-state index contributed by atoms with van der Waals surface area (Å²) in [5.41, 5.74) is 7.68. The predicted octanol–water partition coefficient (Wildman–Crippen LogP) is 2.60. The van der Waals surface area contributed by atoms with Crippen molar-refractivity contribution in [1.82, 2.24) is 29.6 Å². The number of hydrogen-bond donors (Lipinski definition) is 2. The van der Waals surface area contributed by atoms with Gasteiger partial charge in [0.05, 0.1) is 17.6 Å². The first-order valence-electron chi connectivity index (χ1n) is 9.90. The summed E-state index contributed by atoms with van der Waals surface area (Å²) in [6.45, 7) is -0.0510. The van der Waals surface area contributed by atoms with Crippen LogP contribution in [0.3, 0.4) is 0 Å². The van der Waals surface area contributed by atoms with Crippen LogP contribution in [-0.4, -0.2) is 48.0 Å². The molecule has 0 saturated heterocycles. The van der Waals surface area contributed by atoms with Crippen LogP contribution in [0, 0.1) is 0 Å². The lowest BCUT2D eigenvalue weighted by Gasteiger charge is -2.28. The first-order valence-corrected chi connectivity index (χ1v) is 9.90. The van der Waals surface area contributed by atoms with Crippen LogP contribution in [0.25, 0.3) is 22.4 Å². The van der Waals surface area contributed by atoms with Gasteiger partial charge in [-0.15, -0.1) is 10.2 Å². The van der Waals surface area contributed by atoms with E-state index >= 15 is 0 Å². The molecule has 4 aromatic rings. The van der Waals surface area contributed by atoms with E-state index in [-0.39, 0.29) is 36.9 Å². The highest BCUT2D eigenvalue weighted by Crippen LogP contribution is 2.30. The lowest BCUT2D eigenvalue weighted by Crippen LogP contribution is -2.39. The van der Waals surface area contributed by atoms with Crippen LogP contribution in [-0.2, 0) is 19.3 Å². The number of aromatic amines is 1. The second-order valence-corrected chi connectivity index (χ2v) is 7.55. The maximum absolute atomic E-state index is 13.1. The molecule has 2 aromatic heterocycles. The standard InChI is InChI=1S/C21H16F3N7O2/c22-21(23,24)20-29-28-15-10-30(7-8-31(15)20)19(33)12-4-1-3-11(9-12)18-26-14-6-2-5-13(17(25)32)16(14)27-18/h1-6,9H,7-8,10H2,(H2,25,32)(H,26,27). The number of nitrogens with one attached hydrogen (secondary N) is 1. The Labute approximate surface area is 184 Å². The van der Waals surface area contributed by atoms with E-state index in [1.54, 1.807) is 42.5 Å². The average molecular weight is 455 g/mol. The van der Waals surface area contributed by atoms with Gasteiger partial charge in [0.2, 0.25) is 5.82 Å². The van der Waals surface area contributed by atoms with Crippen molar-refractivity contribution in [3.05, 3.63) is 65.2 Å². The number of amides is 2. The van der Waals surface area contributed by atoms with Gasteiger partial charge in [-0.05, 0) is 24.3 Å². The Balaban J connectivity index is 1.43. The number of nitrogens with two attached hydrogens (primary N) is 1. The van der Waals surface area contributed by atoms with E-state index in [1.807, 2.05) is 0 Å². The molecule has 5 rings (SSSR count). The third-order valence-electron chi connectivity index (χ3n) is 5.46. The molecule has 2 aromatic carbocycles. The number of rotatable bonds is 3. The van der Waals surface area contributed by atoms with Crippen molar-refractivity contribution in [2.24, 2.45) is 5.73 Å². The lowest BCUT2D eigenvalue weighted by atomic mass is 10.1. The Morgan fingerprint density at radius 1 is 1.06 bits per heavy atom. The molecule has 0 atom stereocenters. The van der Waals surface area contributed by atoms with E-state index in [4.69, 9.17) is 5.73 Å². The number of H-pyrrole nitrogens is 1. The molecule has 1 aliphatic rings.